The van der Waals surface area contributed by atoms with Gasteiger partial charge in [-0.05, 0) is 51.8 Å². The molecule has 1 amide bonds. The van der Waals surface area contributed by atoms with E-state index < -0.39 is 0 Å². The molecule has 128 valence electrons. The summed E-state index contributed by atoms with van der Waals surface area (Å²) >= 11 is 6.12. The zero-order chi connectivity index (χ0) is 17.3. The lowest BCUT2D eigenvalue weighted by molar-refractivity contribution is 0.0939. The summed E-state index contributed by atoms with van der Waals surface area (Å²) in [5, 5.41) is 3.35. The first kappa shape index (κ1) is 16.8. The first-order valence-electron chi connectivity index (χ1n) is 8.24. The number of amides is 1. The second-order valence-electron chi connectivity index (χ2n) is 6.29. The van der Waals surface area contributed by atoms with E-state index in [-0.39, 0.29) is 11.9 Å². The SMILES string of the molecule is Cc1cc(C(C)NC(=O)c2cc(Cl)nc(N3CCCC3)c2)c(C)o1. The van der Waals surface area contributed by atoms with Crippen LogP contribution < -0.4 is 10.2 Å². The lowest BCUT2D eigenvalue weighted by Crippen LogP contribution is -2.27. The largest absolute Gasteiger partial charge is 0.466 e. The molecule has 0 aromatic carbocycles. The average Bonchev–Trinajstić information content (AvgIpc) is 3.16. The van der Waals surface area contributed by atoms with Crippen LogP contribution in [-0.2, 0) is 0 Å². The number of nitrogens with zero attached hydrogens (tertiary/aromatic N) is 2. The minimum Gasteiger partial charge on any atom is -0.466 e. The van der Waals surface area contributed by atoms with Gasteiger partial charge in [-0.3, -0.25) is 4.79 Å². The van der Waals surface area contributed by atoms with Crippen molar-refractivity contribution in [2.45, 2.75) is 39.7 Å². The average molecular weight is 348 g/mol. The molecule has 1 atom stereocenters. The number of furan rings is 1. The topological polar surface area (TPSA) is 58.4 Å². The molecule has 0 saturated carbocycles. The summed E-state index contributed by atoms with van der Waals surface area (Å²) < 4.78 is 5.54. The number of carbonyl (C=O) groups is 1. The molecule has 6 heteroatoms. The van der Waals surface area contributed by atoms with E-state index in [0.29, 0.717) is 10.7 Å². The molecule has 3 rings (SSSR count). The minimum atomic E-state index is -0.162. The molecule has 1 fully saturated rings. The maximum atomic E-state index is 12.6. The number of pyridine rings is 1. The third kappa shape index (κ3) is 3.56. The van der Waals surface area contributed by atoms with Crippen LogP contribution in [0.5, 0.6) is 0 Å². The predicted molar refractivity (Wildman–Crippen MR) is 94.8 cm³/mol. The van der Waals surface area contributed by atoms with E-state index in [4.69, 9.17) is 16.0 Å². The van der Waals surface area contributed by atoms with Gasteiger partial charge in [0.25, 0.3) is 5.91 Å². The summed E-state index contributed by atoms with van der Waals surface area (Å²) in [6.07, 6.45) is 2.29. The fourth-order valence-corrected chi connectivity index (χ4v) is 3.36. The molecule has 0 spiro atoms. The van der Waals surface area contributed by atoms with Gasteiger partial charge in [-0.2, -0.15) is 0 Å². The highest BCUT2D eigenvalue weighted by Crippen LogP contribution is 2.24. The molecule has 2 aromatic rings. The Labute approximate surface area is 147 Å². The number of aryl methyl sites for hydroxylation is 2. The zero-order valence-electron chi connectivity index (χ0n) is 14.2. The number of hydrogen-bond donors (Lipinski definition) is 1. The van der Waals surface area contributed by atoms with Gasteiger partial charge in [0.05, 0.1) is 6.04 Å². The number of anilines is 1. The van der Waals surface area contributed by atoms with Crippen LogP contribution in [0.15, 0.2) is 22.6 Å². The number of halogens is 1. The Hall–Kier alpha value is -2.01. The molecule has 0 bridgehead atoms. The monoisotopic (exact) mass is 347 g/mol. The lowest BCUT2D eigenvalue weighted by atomic mass is 10.1. The number of hydrogen-bond acceptors (Lipinski definition) is 4. The van der Waals surface area contributed by atoms with Crippen LogP contribution >= 0.6 is 11.6 Å². The van der Waals surface area contributed by atoms with Gasteiger partial charge >= 0.3 is 0 Å². The van der Waals surface area contributed by atoms with E-state index in [0.717, 1.165) is 48.8 Å². The second-order valence-corrected chi connectivity index (χ2v) is 6.68. The Morgan fingerprint density at radius 2 is 2.00 bits per heavy atom. The molecule has 1 saturated heterocycles. The summed E-state index contributed by atoms with van der Waals surface area (Å²) in [5.74, 6) is 2.27. The molecule has 1 aliphatic rings. The van der Waals surface area contributed by atoms with Crippen LogP contribution in [0.4, 0.5) is 5.82 Å². The van der Waals surface area contributed by atoms with Crippen molar-refractivity contribution in [3.05, 3.63) is 46.0 Å². The maximum absolute atomic E-state index is 12.6. The first-order chi connectivity index (χ1) is 11.4. The smallest absolute Gasteiger partial charge is 0.252 e. The molecule has 2 aromatic heterocycles. The van der Waals surface area contributed by atoms with Crippen molar-refractivity contribution in [1.29, 1.82) is 0 Å². The summed E-state index contributed by atoms with van der Waals surface area (Å²) in [5.41, 5.74) is 1.52. The number of nitrogens with one attached hydrogen (secondary N) is 1. The molecule has 1 N–H and O–H groups in total. The highest BCUT2D eigenvalue weighted by molar-refractivity contribution is 6.29. The standard InChI is InChI=1S/C18H22ClN3O2/c1-11-8-15(13(3)24-11)12(2)20-18(23)14-9-16(19)21-17(10-14)22-6-4-5-7-22/h8-10,12H,4-7H2,1-3H3,(H,20,23). The molecular formula is C18H22ClN3O2. The van der Waals surface area contributed by atoms with Gasteiger partial charge in [-0.1, -0.05) is 11.6 Å². The normalized spacial score (nSPS) is 15.6. The molecule has 3 heterocycles. The van der Waals surface area contributed by atoms with Crippen molar-refractivity contribution in [2.75, 3.05) is 18.0 Å². The Morgan fingerprint density at radius 1 is 1.29 bits per heavy atom. The van der Waals surface area contributed by atoms with Gasteiger partial charge in [-0.15, -0.1) is 0 Å². The van der Waals surface area contributed by atoms with Gasteiger partial charge in [0.15, 0.2) is 0 Å². The van der Waals surface area contributed by atoms with E-state index in [1.54, 1.807) is 6.07 Å². The predicted octanol–water partition coefficient (Wildman–Crippen LogP) is 4.04. The van der Waals surface area contributed by atoms with Gasteiger partial charge in [0.1, 0.15) is 22.5 Å². The molecule has 0 aliphatic carbocycles. The molecule has 24 heavy (non-hydrogen) atoms. The molecule has 1 aliphatic heterocycles. The molecular weight excluding hydrogens is 326 g/mol. The quantitative estimate of drug-likeness (QED) is 0.848. The number of carbonyl (C=O) groups excluding carboxylic acids is 1. The van der Waals surface area contributed by atoms with E-state index in [2.05, 4.69) is 15.2 Å². The fourth-order valence-electron chi connectivity index (χ4n) is 3.16. The van der Waals surface area contributed by atoms with Crippen LogP contribution in [0, 0.1) is 13.8 Å². The van der Waals surface area contributed by atoms with Gasteiger partial charge in [-0.25, -0.2) is 4.98 Å². The minimum absolute atomic E-state index is 0.142. The Kier molecular flexibility index (Phi) is 4.81. The van der Waals surface area contributed by atoms with Crippen LogP contribution in [0.3, 0.4) is 0 Å². The van der Waals surface area contributed by atoms with Crippen molar-refractivity contribution < 1.29 is 9.21 Å². The molecule has 1 unspecified atom stereocenters. The third-order valence-electron chi connectivity index (χ3n) is 4.37. The Bertz CT molecular complexity index is 751. The highest BCUT2D eigenvalue weighted by Gasteiger charge is 2.19. The van der Waals surface area contributed by atoms with E-state index in [1.807, 2.05) is 32.9 Å². The summed E-state index contributed by atoms with van der Waals surface area (Å²) in [6.45, 7) is 7.66. The van der Waals surface area contributed by atoms with Crippen molar-refractivity contribution in [3.8, 4) is 0 Å². The lowest BCUT2D eigenvalue weighted by Gasteiger charge is -2.18. The summed E-state index contributed by atoms with van der Waals surface area (Å²) in [6, 6.07) is 5.23. The highest BCUT2D eigenvalue weighted by atomic mass is 35.5. The van der Waals surface area contributed by atoms with Crippen molar-refractivity contribution in [2.24, 2.45) is 0 Å². The number of aromatic nitrogens is 1. The molecule has 0 radical (unpaired) electrons. The van der Waals surface area contributed by atoms with E-state index in [1.165, 1.54) is 0 Å². The van der Waals surface area contributed by atoms with Crippen LogP contribution in [0.1, 0.15) is 53.2 Å². The van der Waals surface area contributed by atoms with Gasteiger partial charge in [0.2, 0.25) is 0 Å². The second kappa shape index (κ2) is 6.85. The first-order valence-corrected chi connectivity index (χ1v) is 8.62. The summed E-state index contributed by atoms with van der Waals surface area (Å²) in [7, 11) is 0. The van der Waals surface area contributed by atoms with Crippen molar-refractivity contribution >= 4 is 23.3 Å². The van der Waals surface area contributed by atoms with Crippen LogP contribution in [-0.4, -0.2) is 24.0 Å². The summed E-state index contributed by atoms with van der Waals surface area (Å²) in [4.78, 5) is 19.1. The van der Waals surface area contributed by atoms with Gasteiger partial charge < -0.3 is 14.6 Å². The number of rotatable bonds is 4. The Morgan fingerprint density at radius 3 is 2.62 bits per heavy atom. The zero-order valence-corrected chi connectivity index (χ0v) is 15.0. The fraction of sp³-hybridized carbons (Fsp3) is 0.444. The van der Waals surface area contributed by atoms with Gasteiger partial charge in [0, 0.05) is 24.2 Å². The van der Waals surface area contributed by atoms with E-state index in [9.17, 15) is 4.79 Å². The van der Waals surface area contributed by atoms with Crippen LogP contribution in [0.2, 0.25) is 5.15 Å². The van der Waals surface area contributed by atoms with Crippen molar-refractivity contribution in [1.82, 2.24) is 10.3 Å². The van der Waals surface area contributed by atoms with Crippen molar-refractivity contribution in [3.63, 3.8) is 0 Å². The maximum Gasteiger partial charge on any atom is 0.252 e. The Balaban J connectivity index is 1.78. The third-order valence-corrected chi connectivity index (χ3v) is 4.56. The van der Waals surface area contributed by atoms with E-state index >= 15 is 0 Å². The molecule has 5 nitrogen and oxygen atoms in total. The van der Waals surface area contributed by atoms with Crippen LogP contribution in [0.25, 0.3) is 0 Å².